The molecule has 0 aliphatic carbocycles. The summed E-state index contributed by atoms with van der Waals surface area (Å²) in [6, 6.07) is 18.3. The van der Waals surface area contributed by atoms with E-state index in [1.54, 1.807) is 30.3 Å². The number of carbonyl (C=O) groups is 1. The lowest BCUT2D eigenvalue weighted by atomic mass is 10.0. The van der Waals surface area contributed by atoms with Gasteiger partial charge in [0, 0.05) is 12.1 Å². The summed E-state index contributed by atoms with van der Waals surface area (Å²) in [6.07, 6.45) is 2.28. The van der Waals surface area contributed by atoms with E-state index in [0.29, 0.717) is 26.1 Å². The Kier molecular flexibility index (Phi) is 6.51. The maximum atomic E-state index is 13.3. The number of amides is 1. The predicted octanol–water partition coefficient (Wildman–Crippen LogP) is 1.16. The predicted molar refractivity (Wildman–Crippen MR) is 115 cm³/mol. The highest BCUT2D eigenvalue weighted by atomic mass is 32.2. The van der Waals surface area contributed by atoms with E-state index in [0.717, 1.165) is 32.5 Å². The molecule has 2 saturated heterocycles. The van der Waals surface area contributed by atoms with Crippen LogP contribution < -0.4 is 4.90 Å². The van der Waals surface area contributed by atoms with Crippen LogP contribution >= 0.6 is 0 Å². The second-order valence-corrected chi connectivity index (χ2v) is 10.1. The highest BCUT2D eigenvalue weighted by molar-refractivity contribution is 7.89. The van der Waals surface area contributed by atoms with Crippen LogP contribution in [0.1, 0.15) is 24.8 Å². The van der Waals surface area contributed by atoms with Crippen molar-refractivity contribution < 1.29 is 18.1 Å². The summed E-state index contributed by atoms with van der Waals surface area (Å²) in [4.78, 5) is 16.9. The first-order valence-corrected chi connectivity index (χ1v) is 12.2. The summed E-state index contributed by atoms with van der Waals surface area (Å²) in [6.45, 7) is 4.50. The van der Waals surface area contributed by atoms with E-state index < -0.39 is 16.1 Å². The minimum absolute atomic E-state index is 0.0343. The Hall–Kier alpha value is -2.22. The molecule has 2 aliphatic heterocycles. The quantitative estimate of drug-likeness (QED) is 0.777. The van der Waals surface area contributed by atoms with Crippen molar-refractivity contribution in [3.63, 3.8) is 0 Å². The zero-order chi connectivity index (χ0) is 21.0. The number of rotatable bonds is 5. The van der Waals surface area contributed by atoms with Crippen molar-refractivity contribution >= 4 is 15.9 Å². The number of hydrogen-bond donors (Lipinski definition) is 1. The van der Waals surface area contributed by atoms with Crippen LogP contribution in [0.25, 0.3) is 0 Å². The molecule has 2 fully saturated rings. The van der Waals surface area contributed by atoms with E-state index in [4.69, 9.17) is 0 Å². The van der Waals surface area contributed by atoms with E-state index in [9.17, 15) is 13.2 Å². The molecule has 6 nitrogen and oxygen atoms in total. The Morgan fingerprint density at radius 2 is 1.53 bits per heavy atom. The normalized spacial score (nSPS) is 21.5. The van der Waals surface area contributed by atoms with Gasteiger partial charge in [-0.3, -0.25) is 4.79 Å². The molecule has 0 bridgehead atoms. The summed E-state index contributed by atoms with van der Waals surface area (Å²) in [5.41, 5.74) is 1.31. The van der Waals surface area contributed by atoms with Crippen LogP contribution in [0.4, 0.5) is 0 Å². The standard InChI is InChI=1S/C23H29N3O3S/c27-23(25-17-15-24(16-18-25)19-20-9-3-1-4-10-20)22-13-7-8-14-26(22)30(28,29)21-11-5-2-6-12-21/h1-6,9-12,22H,7-8,13-19H2/p+1/t22-/m1/s1. The highest BCUT2D eigenvalue weighted by Gasteiger charge is 2.40. The van der Waals surface area contributed by atoms with Crippen molar-refractivity contribution in [2.75, 3.05) is 32.7 Å². The Balaban J connectivity index is 1.42. The molecule has 160 valence electrons. The number of hydrogen-bond acceptors (Lipinski definition) is 3. The Labute approximate surface area is 179 Å². The van der Waals surface area contributed by atoms with Gasteiger partial charge in [-0.15, -0.1) is 0 Å². The van der Waals surface area contributed by atoms with Crippen LogP contribution in [0.15, 0.2) is 65.6 Å². The maximum absolute atomic E-state index is 13.3. The first-order chi connectivity index (χ1) is 14.6. The van der Waals surface area contributed by atoms with Crippen LogP contribution in [0.3, 0.4) is 0 Å². The van der Waals surface area contributed by atoms with E-state index in [1.807, 2.05) is 11.0 Å². The van der Waals surface area contributed by atoms with Crippen molar-refractivity contribution in [2.45, 2.75) is 36.7 Å². The molecule has 2 aliphatic rings. The number of benzene rings is 2. The fourth-order valence-corrected chi connectivity index (χ4v) is 6.15. The molecular formula is C23H30N3O3S+. The zero-order valence-electron chi connectivity index (χ0n) is 17.2. The number of piperazine rings is 1. The Bertz CT molecular complexity index is 942. The van der Waals surface area contributed by atoms with Crippen LogP contribution in [-0.4, -0.2) is 62.3 Å². The minimum atomic E-state index is -3.67. The van der Waals surface area contributed by atoms with Gasteiger partial charge in [0.2, 0.25) is 15.9 Å². The van der Waals surface area contributed by atoms with E-state index >= 15 is 0 Å². The number of quaternary nitrogens is 1. The number of carbonyl (C=O) groups excluding carboxylic acids is 1. The fraction of sp³-hybridized carbons (Fsp3) is 0.435. The molecule has 0 radical (unpaired) electrons. The molecule has 0 saturated carbocycles. The Morgan fingerprint density at radius 3 is 2.20 bits per heavy atom. The lowest BCUT2D eigenvalue weighted by Crippen LogP contribution is -3.13. The summed E-state index contributed by atoms with van der Waals surface area (Å²) in [7, 11) is -3.67. The third kappa shape index (κ3) is 4.58. The van der Waals surface area contributed by atoms with E-state index in [-0.39, 0.29) is 10.8 Å². The third-order valence-corrected chi connectivity index (χ3v) is 8.09. The van der Waals surface area contributed by atoms with Gasteiger partial charge in [0.1, 0.15) is 12.6 Å². The molecule has 1 N–H and O–H groups in total. The van der Waals surface area contributed by atoms with E-state index in [2.05, 4.69) is 24.3 Å². The van der Waals surface area contributed by atoms with Crippen molar-refractivity contribution in [1.82, 2.24) is 9.21 Å². The smallest absolute Gasteiger partial charge is 0.243 e. The van der Waals surface area contributed by atoms with Crippen LogP contribution in [0.5, 0.6) is 0 Å². The summed E-state index contributed by atoms with van der Waals surface area (Å²) in [5, 5.41) is 0. The first kappa shape index (κ1) is 21.0. The third-order valence-electron chi connectivity index (χ3n) is 6.17. The van der Waals surface area contributed by atoms with Crippen molar-refractivity contribution in [3.05, 3.63) is 66.2 Å². The minimum Gasteiger partial charge on any atom is -0.330 e. The molecule has 0 unspecified atom stereocenters. The molecule has 0 spiro atoms. The average molecular weight is 429 g/mol. The number of piperidine rings is 1. The largest absolute Gasteiger partial charge is 0.330 e. The van der Waals surface area contributed by atoms with Gasteiger partial charge in [-0.05, 0) is 25.0 Å². The molecule has 0 aromatic heterocycles. The Morgan fingerprint density at radius 1 is 0.900 bits per heavy atom. The summed E-state index contributed by atoms with van der Waals surface area (Å²) in [5.74, 6) is -0.0343. The molecule has 2 aromatic rings. The lowest BCUT2D eigenvalue weighted by Gasteiger charge is -2.39. The van der Waals surface area contributed by atoms with Gasteiger partial charge in [-0.1, -0.05) is 55.0 Å². The average Bonchev–Trinajstić information content (AvgIpc) is 2.80. The van der Waals surface area contributed by atoms with Gasteiger partial charge < -0.3 is 9.80 Å². The van der Waals surface area contributed by atoms with Crippen LogP contribution in [-0.2, 0) is 21.4 Å². The molecule has 1 atom stereocenters. The molecule has 7 heteroatoms. The lowest BCUT2D eigenvalue weighted by molar-refractivity contribution is -0.917. The number of nitrogens with one attached hydrogen (secondary N) is 1. The molecule has 4 rings (SSSR count). The van der Waals surface area contributed by atoms with Gasteiger partial charge in [-0.2, -0.15) is 4.31 Å². The number of sulfonamides is 1. The van der Waals surface area contributed by atoms with Crippen molar-refractivity contribution in [1.29, 1.82) is 0 Å². The maximum Gasteiger partial charge on any atom is 0.243 e. The van der Waals surface area contributed by atoms with Gasteiger partial charge in [0.05, 0.1) is 31.1 Å². The van der Waals surface area contributed by atoms with Crippen molar-refractivity contribution in [2.24, 2.45) is 0 Å². The molecule has 2 heterocycles. The SMILES string of the molecule is O=C([C@H]1CCCCN1S(=O)(=O)c1ccccc1)N1CC[NH+](Cc2ccccc2)CC1. The van der Waals surface area contributed by atoms with Gasteiger partial charge in [0.15, 0.2) is 0 Å². The zero-order valence-corrected chi connectivity index (χ0v) is 18.1. The number of nitrogens with zero attached hydrogens (tertiary/aromatic N) is 2. The molecular weight excluding hydrogens is 398 g/mol. The second kappa shape index (κ2) is 9.29. The van der Waals surface area contributed by atoms with E-state index in [1.165, 1.54) is 14.8 Å². The van der Waals surface area contributed by atoms with Gasteiger partial charge >= 0.3 is 0 Å². The molecule has 2 aromatic carbocycles. The molecule has 30 heavy (non-hydrogen) atoms. The van der Waals surface area contributed by atoms with Crippen molar-refractivity contribution in [3.8, 4) is 0 Å². The summed E-state index contributed by atoms with van der Waals surface area (Å²) >= 11 is 0. The summed E-state index contributed by atoms with van der Waals surface area (Å²) < 4.78 is 27.8. The molecule has 1 amide bonds. The first-order valence-electron chi connectivity index (χ1n) is 10.8. The second-order valence-electron chi connectivity index (χ2n) is 8.18. The van der Waals surface area contributed by atoms with Gasteiger partial charge in [0.25, 0.3) is 0 Å². The van der Waals surface area contributed by atoms with Crippen LogP contribution in [0, 0.1) is 0 Å². The topological polar surface area (TPSA) is 62.1 Å². The monoisotopic (exact) mass is 428 g/mol. The fourth-order valence-electron chi connectivity index (χ4n) is 4.48. The highest BCUT2D eigenvalue weighted by Crippen LogP contribution is 2.26. The van der Waals surface area contributed by atoms with Gasteiger partial charge in [-0.25, -0.2) is 8.42 Å². The van der Waals surface area contributed by atoms with Crippen LogP contribution in [0.2, 0.25) is 0 Å².